The fraction of sp³-hybridized carbons (Fsp3) is 0.875. The molecule has 0 spiro atoms. The molecule has 0 aromatic heterocycles. The first-order chi connectivity index (χ1) is 10.7. The van der Waals surface area contributed by atoms with E-state index in [-0.39, 0.29) is 24.1 Å². The van der Waals surface area contributed by atoms with Crippen LogP contribution in [-0.2, 0) is 14.3 Å². The van der Waals surface area contributed by atoms with Crippen molar-refractivity contribution in [3.8, 4) is 0 Å². The molecule has 1 aliphatic rings. The molecule has 0 radical (unpaired) electrons. The van der Waals surface area contributed by atoms with Crippen LogP contribution >= 0.6 is 0 Å². The summed E-state index contributed by atoms with van der Waals surface area (Å²) in [5, 5.41) is 0. The number of hydrogen-bond donors (Lipinski definition) is 1. The Labute approximate surface area is 139 Å². The summed E-state index contributed by atoms with van der Waals surface area (Å²) in [7, 11) is 1.64. The van der Waals surface area contributed by atoms with Crippen LogP contribution in [0, 0.1) is 0 Å². The predicted octanol–water partition coefficient (Wildman–Crippen LogP) is 1.21. The van der Waals surface area contributed by atoms with E-state index in [4.69, 9.17) is 15.2 Å². The number of methoxy groups -OCH3 is 1. The third-order valence-corrected chi connectivity index (χ3v) is 3.89. The first-order valence-electron chi connectivity index (χ1n) is 8.18. The van der Waals surface area contributed by atoms with Crippen LogP contribution < -0.4 is 5.73 Å². The molecule has 23 heavy (non-hydrogen) atoms. The van der Waals surface area contributed by atoms with Gasteiger partial charge in [-0.3, -0.25) is 4.79 Å². The lowest BCUT2D eigenvalue weighted by Crippen LogP contribution is -2.59. The molecular weight excluding hydrogens is 298 g/mol. The van der Waals surface area contributed by atoms with E-state index in [1.165, 1.54) is 0 Å². The SMILES string of the molecule is COC(C)CCC(=O)N1CCN(C(=O)OC(C)(C)C)CC1CN. The molecule has 0 bridgehead atoms. The van der Waals surface area contributed by atoms with Crippen molar-refractivity contribution in [2.24, 2.45) is 5.73 Å². The highest BCUT2D eigenvalue weighted by Gasteiger charge is 2.33. The number of rotatable bonds is 5. The monoisotopic (exact) mass is 329 g/mol. The Morgan fingerprint density at radius 3 is 2.48 bits per heavy atom. The van der Waals surface area contributed by atoms with Gasteiger partial charge in [-0.2, -0.15) is 0 Å². The molecule has 2 amide bonds. The zero-order chi connectivity index (χ0) is 17.6. The number of amides is 2. The number of hydrogen-bond acceptors (Lipinski definition) is 5. The van der Waals surface area contributed by atoms with E-state index in [0.29, 0.717) is 39.0 Å². The van der Waals surface area contributed by atoms with Gasteiger partial charge in [-0.1, -0.05) is 0 Å². The molecule has 0 aromatic rings. The molecule has 1 rings (SSSR count). The second kappa shape index (κ2) is 8.49. The summed E-state index contributed by atoms with van der Waals surface area (Å²) in [5.41, 5.74) is 5.28. The molecule has 134 valence electrons. The average molecular weight is 329 g/mol. The topological polar surface area (TPSA) is 85.1 Å². The van der Waals surface area contributed by atoms with Gasteiger partial charge >= 0.3 is 6.09 Å². The van der Waals surface area contributed by atoms with E-state index in [1.54, 1.807) is 16.9 Å². The van der Waals surface area contributed by atoms with Crippen LogP contribution in [0.2, 0.25) is 0 Å². The third kappa shape index (κ3) is 6.35. The lowest BCUT2D eigenvalue weighted by atomic mass is 10.1. The zero-order valence-corrected chi connectivity index (χ0v) is 15.0. The molecule has 1 aliphatic heterocycles. The van der Waals surface area contributed by atoms with E-state index in [1.807, 2.05) is 27.7 Å². The first-order valence-corrected chi connectivity index (χ1v) is 8.18. The average Bonchev–Trinajstić information content (AvgIpc) is 2.49. The molecule has 0 aliphatic carbocycles. The summed E-state index contributed by atoms with van der Waals surface area (Å²) >= 11 is 0. The maximum Gasteiger partial charge on any atom is 0.410 e. The first kappa shape index (κ1) is 19.7. The molecule has 1 saturated heterocycles. The van der Waals surface area contributed by atoms with Gasteiger partial charge in [-0.05, 0) is 34.1 Å². The summed E-state index contributed by atoms with van der Waals surface area (Å²) in [4.78, 5) is 27.9. The number of ether oxygens (including phenoxy) is 2. The smallest absolute Gasteiger partial charge is 0.410 e. The molecule has 7 heteroatoms. The predicted molar refractivity (Wildman–Crippen MR) is 88.1 cm³/mol. The number of nitrogens with two attached hydrogens (primary N) is 1. The Hall–Kier alpha value is -1.34. The minimum absolute atomic E-state index is 0.0540. The van der Waals surface area contributed by atoms with Crippen molar-refractivity contribution >= 4 is 12.0 Å². The van der Waals surface area contributed by atoms with Crippen molar-refractivity contribution in [2.75, 3.05) is 33.3 Å². The lowest BCUT2D eigenvalue weighted by molar-refractivity contribution is -0.136. The summed E-state index contributed by atoms with van der Waals surface area (Å²) < 4.78 is 10.6. The van der Waals surface area contributed by atoms with Gasteiger partial charge in [0.2, 0.25) is 5.91 Å². The van der Waals surface area contributed by atoms with Crippen LogP contribution in [0.15, 0.2) is 0 Å². The quantitative estimate of drug-likeness (QED) is 0.819. The van der Waals surface area contributed by atoms with E-state index in [0.717, 1.165) is 0 Å². The highest BCUT2D eigenvalue weighted by Crippen LogP contribution is 2.16. The Balaban J connectivity index is 2.58. The molecule has 1 heterocycles. The summed E-state index contributed by atoms with van der Waals surface area (Å²) in [6.45, 7) is 9.14. The van der Waals surface area contributed by atoms with Crippen LogP contribution in [0.3, 0.4) is 0 Å². The van der Waals surface area contributed by atoms with E-state index < -0.39 is 5.60 Å². The molecule has 2 unspecified atom stereocenters. The number of piperazine rings is 1. The minimum Gasteiger partial charge on any atom is -0.444 e. The largest absolute Gasteiger partial charge is 0.444 e. The fourth-order valence-corrected chi connectivity index (χ4v) is 2.47. The molecular formula is C16H31N3O4. The number of nitrogens with zero attached hydrogens (tertiary/aromatic N) is 2. The molecule has 1 fully saturated rings. The van der Waals surface area contributed by atoms with Gasteiger partial charge in [-0.25, -0.2) is 4.79 Å². The maximum atomic E-state index is 12.4. The molecule has 2 N–H and O–H groups in total. The number of carbonyl (C=O) groups is 2. The third-order valence-electron chi connectivity index (χ3n) is 3.89. The van der Waals surface area contributed by atoms with Crippen LogP contribution in [0.25, 0.3) is 0 Å². The Morgan fingerprint density at radius 1 is 1.30 bits per heavy atom. The standard InChI is InChI=1S/C16H31N3O4/c1-12(22-5)6-7-14(20)19-9-8-18(11-13(19)10-17)15(21)23-16(2,3)4/h12-13H,6-11,17H2,1-5H3. The van der Waals surface area contributed by atoms with Crippen molar-refractivity contribution in [3.63, 3.8) is 0 Å². The zero-order valence-electron chi connectivity index (χ0n) is 15.0. The van der Waals surface area contributed by atoms with Crippen LogP contribution in [0.1, 0.15) is 40.5 Å². The van der Waals surface area contributed by atoms with Crippen LogP contribution in [0.5, 0.6) is 0 Å². The van der Waals surface area contributed by atoms with Crippen molar-refractivity contribution in [1.82, 2.24) is 9.80 Å². The van der Waals surface area contributed by atoms with E-state index in [2.05, 4.69) is 0 Å². The van der Waals surface area contributed by atoms with E-state index >= 15 is 0 Å². The van der Waals surface area contributed by atoms with Gasteiger partial charge in [0.25, 0.3) is 0 Å². The molecule has 0 aromatic carbocycles. The van der Waals surface area contributed by atoms with Gasteiger partial charge in [0.05, 0.1) is 12.1 Å². The van der Waals surface area contributed by atoms with Crippen molar-refractivity contribution in [1.29, 1.82) is 0 Å². The van der Waals surface area contributed by atoms with Gasteiger partial charge in [0.15, 0.2) is 0 Å². The highest BCUT2D eigenvalue weighted by atomic mass is 16.6. The molecule has 7 nitrogen and oxygen atoms in total. The molecule has 2 atom stereocenters. The van der Waals surface area contributed by atoms with E-state index in [9.17, 15) is 9.59 Å². The van der Waals surface area contributed by atoms with Crippen molar-refractivity contribution in [2.45, 2.75) is 58.3 Å². The summed E-state index contributed by atoms with van der Waals surface area (Å²) in [5.74, 6) is 0.0631. The Morgan fingerprint density at radius 2 is 1.96 bits per heavy atom. The minimum atomic E-state index is -0.529. The van der Waals surface area contributed by atoms with Crippen molar-refractivity contribution in [3.05, 3.63) is 0 Å². The van der Waals surface area contributed by atoms with Gasteiger partial charge in [0.1, 0.15) is 5.60 Å². The lowest BCUT2D eigenvalue weighted by Gasteiger charge is -2.41. The van der Waals surface area contributed by atoms with Crippen LogP contribution in [0.4, 0.5) is 4.79 Å². The van der Waals surface area contributed by atoms with Crippen molar-refractivity contribution < 1.29 is 19.1 Å². The Bertz CT molecular complexity index is 409. The van der Waals surface area contributed by atoms with Gasteiger partial charge < -0.3 is 25.0 Å². The Kier molecular flexibility index (Phi) is 7.28. The summed E-state index contributed by atoms with van der Waals surface area (Å²) in [6, 6.07) is -0.165. The highest BCUT2D eigenvalue weighted by molar-refractivity contribution is 5.77. The normalized spacial score (nSPS) is 20.3. The number of carbonyl (C=O) groups excluding carboxylic acids is 2. The second-order valence-electron chi connectivity index (χ2n) is 6.99. The van der Waals surface area contributed by atoms with Crippen LogP contribution in [-0.4, -0.2) is 72.8 Å². The molecule has 0 saturated carbocycles. The second-order valence-corrected chi connectivity index (χ2v) is 6.99. The summed E-state index contributed by atoms with van der Waals surface area (Å²) in [6.07, 6.45) is 0.811. The van der Waals surface area contributed by atoms with Gasteiger partial charge in [-0.15, -0.1) is 0 Å². The van der Waals surface area contributed by atoms with Gasteiger partial charge in [0, 0.05) is 39.7 Å². The fourth-order valence-electron chi connectivity index (χ4n) is 2.47. The maximum absolute atomic E-state index is 12.4.